The monoisotopic (exact) mass is 388 g/mol. The Morgan fingerprint density at radius 3 is 2.46 bits per heavy atom. The van der Waals surface area contributed by atoms with Crippen LogP contribution in [-0.4, -0.2) is 16.7 Å². The zero-order valence-electron chi connectivity index (χ0n) is 15.0. The second kappa shape index (κ2) is 8.61. The van der Waals surface area contributed by atoms with E-state index < -0.39 is 0 Å². The molecule has 0 spiro atoms. The van der Waals surface area contributed by atoms with Crippen LogP contribution in [0.4, 0.5) is 0 Å². The number of aromatic nitrogens is 2. The average molecular weight is 389 g/mol. The first-order valence-corrected chi connectivity index (χ1v) is 9.50. The maximum absolute atomic E-state index is 6.33. The van der Waals surface area contributed by atoms with E-state index >= 15 is 0 Å². The van der Waals surface area contributed by atoms with Crippen LogP contribution in [0, 0.1) is 0 Å². The quantitative estimate of drug-likeness (QED) is 0.491. The minimum absolute atomic E-state index is 0.628. The molecule has 1 aromatic heterocycles. The summed E-state index contributed by atoms with van der Waals surface area (Å²) in [6, 6.07) is 13.8. The summed E-state index contributed by atoms with van der Waals surface area (Å²) in [6.45, 7) is 3.01. The molecule has 0 atom stereocenters. The Morgan fingerprint density at radius 1 is 1.04 bits per heavy atom. The molecule has 0 N–H and O–H groups in total. The number of nitrogens with zero attached hydrogens (tertiary/aromatic N) is 2. The van der Waals surface area contributed by atoms with Crippen LogP contribution in [0.3, 0.4) is 0 Å². The van der Waals surface area contributed by atoms with Gasteiger partial charge in [-0.25, -0.2) is 4.98 Å². The predicted octanol–water partition coefficient (Wildman–Crippen LogP) is 6.06. The van der Waals surface area contributed by atoms with Crippen LogP contribution in [0.2, 0.25) is 10.0 Å². The number of hydrogen-bond acceptors (Lipinski definition) is 2. The number of methoxy groups -OCH3 is 1. The maximum atomic E-state index is 6.33. The van der Waals surface area contributed by atoms with Gasteiger partial charge < -0.3 is 9.30 Å². The van der Waals surface area contributed by atoms with E-state index in [9.17, 15) is 0 Å². The van der Waals surface area contributed by atoms with Gasteiger partial charge in [-0.3, -0.25) is 0 Å². The fraction of sp³-hybridized carbons (Fsp3) is 0.286. The molecular formula is C21H22Cl2N2O. The highest BCUT2D eigenvalue weighted by Crippen LogP contribution is 2.30. The van der Waals surface area contributed by atoms with Gasteiger partial charge in [-0.05, 0) is 55.7 Å². The lowest BCUT2D eigenvalue weighted by molar-refractivity contribution is 0.414. The van der Waals surface area contributed by atoms with Gasteiger partial charge in [-0.2, -0.15) is 0 Å². The Kier molecular flexibility index (Phi) is 6.23. The molecule has 0 aliphatic carbocycles. The van der Waals surface area contributed by atoms with Crippen LogP contribution in [0.25, 0.3) is 11.3 Å². The SMILES string of the molecule is CCn1cc(-c2ccc(Cl)cc2Cl)nc1CCCc1ccc(OC)cc1. The number of hydrogen-bond donors (Lipinski definition) is 0. The first-order chi connectivity index (χ1) is 12.6. The minimum Gasteiger partial charge on any atom is -0.497 e. The van der Waals surface area contributed by atoms with Crippen molar-refractivity contribution in [3.8, 4) is 17.0 Å². The Balaban J connectivity index is 1.70. The largest absolute Gasteiger partial charge is 0.497 e. The molecule has 0 unspecified atom stereocenters. The normalized spacial score (nSPS) is 10.9. The van der Waals surface area contributed by atoms with Crippen molar-refractivity contribution in [2.75, 3.05) is 7.11 Å². The molecule has 1 heterocycles. The van der Waals surface area contributed by atoms with Crippen LogP contribution >= 0.6 is 23.2 Å². The van der Waals surface area contributed by atoms with Gasteiger partial charge in [0.1, 0.15) is 11.6 Å². The number of ether oxygens (including phenoxy) is 1. The van der Waals surface area contributed by atoms with Gasteiger partial charge >= 0.3 is 0 Å². The third kappa shape index (κ3) is 4.40. The molecular weight excluding hydrogens is 367 g/mol. The number of rotatable bonds is 7. The molecule has 26 heavy (non-hydrogen) atoms. The second-order valence-electron chi connectivity index (χ2n) is 6.15. The molecule has 3 aromatic rings. The summed E-state index contributed by atoms with van der Waals surface area (Å²) >= 11 is 12.3. The molecule has 0 saturated carbocycles. The molecule has 2 aromatic carbocycles. The Bertz CT molecular complexity index is 872. The predicted molar refractivity (Wildman–Crippen MR) is 108 cm³/mol. The highest BCUT2D eigenvalue weighted by atomic mass is 35.5. The highest BCUT2D eigenvalue weighted by molar-refractivity contribution is 6.36. The second-order valence-corrected chi connectivity index (χ2v) is 7.00. The summed E-state index contributed by atoms with van der Waals surface area (Å²) in [5, 5.41) is 1.26. The lowest BCUT2D eigenvalue weighted by atomic mass is 10.1. The first-order valence-electron chi connectivity index (χ1n) is 8.75. The van der Waals surface area contributed by atoms with E-state index in [1.807, 2.05) is 24.3 Å². The smallest absolute Gasteiger partial charge is 0.118 e. The third-order valence-corrected chi connectivity index (χ3v) is 4.98. The zero-order valence-corrected chi connectivity index (χ0v) is 16.5. The molecule has 0 bridgehead atoms. The topological polar surface area (TPSA) is 27.1 Å². The van der Waals surface area contributed by atoms with E-state index in [1.54, 1.807) is 13.2 Å². The van der Waals surface area contributed by atoms with Gasteiger partial charge in [0.05, 0.1) is 17.8 Å². The number of benzene rings is 2. The molecule has 0 radical (unpaired) electrons. The highest BCUT2D eigenvalue weighted by Gasteiger charge is 2.12. The lowest BCUT2D eigenvalue weighted by Gasteiger charge is -2.05. The summed E-state index contributed by atoms with van der Waals surface area (Å²) in [4.78, 5) is 4.82. The van der Waals surface area contributed by atoms with E-state index in [1.165, 1.54) is 5.56 Å². The molecule has 3 rings (SSSR count). The van der Waals surface area contributed by atoms with E-state index in [-0.39, 0.29) is 0 Å². The molecule has 5 heteroatoms. The summed E-state index contributed by atoms with van der Waals surface area (Å²) in [7, 11) is 1.68. The summed E-state index contributed by atoms with van der Waals surface area (Å²) in [6.07, 6.45) is 5.04. The molecule has 136 valence electrons. The van der Waals surface area contributed by atoms with Crippen LogP contribution in [0.5, 0.6) is 5.75 Å². The van der Waals surface area contributed by atoms with Gasteiger partial charge in [-0.1, -0.05) is 35.3 Å². The van der Waals surface area contributed by atoms with Gasteiger partial charge in [0.25, 0.3) is 0 Å². The third-order valence-electron chi connectivity index (χ3n) is 4.43. The molecule has 0 aliphatic rings. The standard InChI is InChI=1S/C21H22Cl2N2O/c1-3-25-14-20(18-12-9-16(22)13-19(18)23)24-21(25)6-4-5-15-7-10-17(26-2)11-8-15/h7-14H,3-6H2,1-2H3. The Hall–Kier alpha value is -1.97. The van der Waals surface area contributed by atoms with E-state index in [0.29, 0.717) is 10.0 Å². The summed E-state index contributed by atoms with van der Waals surface area (Å²) < 4.78 is 7.39. The van der Waals surface area contributed by atoms with E-state index in [2.05, 4.69) is 29.8 Å². The van der Waals surface area contributed by atoms with Crippen molar-refractivity contribution in [2.24, 2.45) is 0 Å². The van der Waals surface area contributed by atoms with Crippen LogP contribution in [0.15, 0.2) is 48.7 Å². The van der Waals surface area contributed by atoms with Crippen molar-refractivity contribution in [2.45, 2.75) is 32.7 Å². The van der Waals surface area contributed by atoms with Crippen molar-refractivity contribution < 1.29 is 4.74 Å². The first kappa shape index (κ1) is 18.8. The number of imidazole rings is 1. The van der Waals surface area contributed by atoms with Crippen molar-refractivity contribution in [3.05, 3.63) is 70.1 Å². The summed E-state index contributed by atoms with van der Waals surface area (Å²) in [5.74, 6) is 1.97. The fourth-order valence-corrected chi connectivity index (χ4v) is 3.50. The lowest BCUT2D eigenvalue weighted by Crippen LogP contribution is -2.01. The summed E-state index contributed by atoms with van der Waals surface area (Å²) in [5.41, 5.74) is 3.12. The molecule has 0 aliphatic heterocycles. The van der Waals surface area contributed by atoms with Crippen molar-refractivity contribution in [1.82, 2.24) is 9.55 Å². The molecule has 0 fully saturated rings. The van der Waals surface area contributed by atoms with Gasteiger partial charge in [0.2, 0.25) is 0 Å². The van der Waals surface area contributed by atoms with Gasteiger partial charge in [0.15, 0.2) is 0 Å². The molecule has 0 amide bonds. The fourth-order valence-electron chi connectivity index (χ4n) is 3.00. The van der Waals surface area contributed by atoms with E-state index in [4.69, 9.17) is 32.9 Å². The Labute approximate surface area is 164 Å². The van der Waals surface area contributed by atoms with Crippen LogP contribution < -0.4 is 4.74 Å². The van der Waals surface area contributed by atoms with Gasteiger partial charge in [0, 0.05) is 29.7 Å². The minimum atomic E-state index is 0.628. The maximum Gasteiger partial charge on any atom is 0.118 e. The number of aryl methyl sites for hydroxylation is 3. The molecule has 3 nitrogen and oxygen atoms in total. The van der Waals surface area contributed by atoms with Crippen molar-refractivity contribution in [3.63, 3.8) is 0 Å². The van der Waals surface area contributed by atoms with E-state index in [0.717, 1.165) is 48.6 Å². The van der Waals surface area contributed by atoms with Crippen LogP contribution in [-0.2, 0) is 19.4 Å². The molecule has 0 saturated heterocycles. The van der Waals surface area contributed by atoms with Gasteiger partial charge in [-0.15, -0.1) is 0 Å². The average Bonchev–Trinajstić information content (AvgIpc) is 3.05. The van der Waals surface area contributed by atoms with Crippen molar-refractivity contribution in [1.29, 1.82) is 0 Å². The van der Waals surface area contributed by atoms with Crippen molar-refractivity contribution >= 4 is 23.2 Å². The number of halogens is 2. The Morgan fingerprint density at radius 2 is 1.81 bits per heavy atom. The van der Waals surface area contributed by atoms with Crippen LogP contribution in [0.1, 0.15) is 24.7 Å². The zero-order chi connectivity index (χ0) is 18.5.